The normalized spacial score (nSPS) is 16.0. The van der Waals surface area contributed by atoms with E-state index in [1.54, 1.807) is 6.20 Å². The summed E-state index contributed by atoms with van der Waals surface area (Å²) in [5.74, 6) is 0.00940. The van der Waals surface area contributed by atoms with Crippen molar-refractivity contribution in [1.82, 2.24) is 14.9 Å². The van der Waals surface area contributed by atoms with Crippen molar-refractivity contribution in [2.45, 2.75) is 12.5 Å². The molecule has 2 aromatic heterocycles. The summed E-state index contributed by atoms with van der Waals surface area (Å²) < 4.78 is 0. The number of amides is 1. The molecule has 1 aromatic carbocycles. The topological polar surface area (TPSA) is 78.2 Å². The zero-order valence-corrected chi connectivity index (χ0v) is 14.6. The molecule has 1 atom stereocenters. The zero-order chi connectivity index (χ0) is 17.9. The molecule has 0 saturated carbocycles. The van der Waals surface area contributed by atoms with Gasteiger partial charge in [0.05, 0.1) is 6.04 Å². The van der Waals surface area contributed by atoms with Crippen LogP contribution in [0.3, 0.4) is 0 Å². The van der Waals surface area contributed by atoms with Crippen LogP contribution in [0.25, 0.3) is 10.9 Å². The van der Waals surface area contributed by atoms with E-state index in [2.05, 4.69) is 39.1 Å². The van der Waals surface area contributed by atoms with Gasteiger partial charge in [-0.25, -0.2) is 0 Å². The largest absolute Gasteiger partial charge is 0.367 e. The first-order valence-corrected chi connectivity index (χ1v) is 8.98. The van der Waals surface area contributed by atoms with Crippen LogP contribution in [0, 0.1) is 0 Å². The van der Waals surface area contributed by atoms with Gasteiger partial charge in [0.25, 0.3) is 0 Å². The summed E-state index contributed by atoms with van der Waals surface area (Å²) in [6.45, 7) is 3.00. The number of anilines is 1. The fraction of sp³-hybridized carbons (Fsp3) is 0.300. The van der Waals surface area contributed by atoms with Gasteiger partial charge in [0, 0.05) is 67.3 Å². The number of nitrogens with two attached hydrogens (primary N) is 1. The molecule has 6 nitrogen and oxygen atoms in total. The number of fused-ring (bicyclic) bond motifs is 1. The minimum atomic E-state index is -0.537. The molecule has 4 rings (SSSR count). The molecule has 3 heterocycles. The molecule has 134 valence electrons. The third kappa shape index (κ3) is 3.28. The van der Waals surface area contributed by atoms with Gasteiger partial charge in [-0.15, -0.1) is 0 Å². The van der Waals surface area contributed by atoms with Crippen LogP contribution < -0.4 is 10.6 Å². The maximum Gasteiger partial charge on any atom is 0.240 e. The number of carbonyl (C=O) groups is 1. The van der Waals surface area contributed by atoms with Gasteiger partial charge in [-0.05, 0) is 30.3 Å². The number of piperazine rings is 1. The van der Waals surface area contributed by atoms with E-state index in [1.165, 1.54) is 11.1 Å². The minimum absolute atomic E-state index is 0.00940. The standard InChI is InChI=1S/C20H23N5O/c21-17(14-15-4-1-2-8-22-15)20(26)25-12-10-24(11-13-25)19-6-3-5-18-16(19)7-9-23-18/h1-9,17,23H,10-14,21H2/t17-/m1/s1. The van der Waals surface area contributed by atoms with Crippen LogP contribution in [0.4, 0.5) is 5.69 Å². The third-order valence-electron chi connectivity index (χ3n) is 4.98. The Balaban J connectivity index is 1.38. The number of hydrogen-bond acceptors (Lipinski definition) is 4. The Morgan fingerprint density at radius 3 is 2.73 bits per heavy atom. The van der Waals surface area contributed by atoms with Crippen molar-refractivity contribution < 1.29 is 4.79 Å². The van der Waals surface area contributed by atoms with Gasteiger partial charge in [-0.3, -0.25) is 9.78 Å². The van der Waals surface area contributed by atoms with Crippen molar-refractivity contribution in [1.29, 1.82) is 0 Å². The van der Waals surface area contributed by atoms with E-state index in [4.69, 9.17) is 5.73 Å². The Hall–Kier alpha value is -2.86. The van der Waals surface area contributed by atoms with Gasteiger partial charge < -0.3 is 20.5 Å². The van der Waals surface area contributed by atoms with E-state index in [1.807, 2.05) is 29.3 Å². The Bertz CT molecular complexity index is 883. The van der Waals surface area contributed by atoms with Crippen LogP contribution in [-0.4, -0.2) is 53.0 Å². The van der Waals surface area contributed by atoms with E-state index >= 15 is 0 Å². The molecule has 0 radical (unpaired) electrons. The number of rotatable bonds is 4. The van der Waals surface area contributed by atoms with Crippen molar-refractivity contribution >= 4 is 22.5 Å². The minimum Gasteiger partial charge on any atom is -0.367 e. The molecule has 3 aromatic rings. The predicted octanol–water partition coefficient (Wildman–Crippen LogP) is 1.78. The van der Waals surface area contributed by atoms with E-state index in [0.717, 1.165) is 24.3 Å². The van der Waals surface area contributed by atoms with Gasteiger partial charge in [0.1, 0.15) is 0 Å². The first kappa shape index (κ1) is 16.6. The van der Waals surface area contributed by atoms with Crippen LogP contribution in [0.1, 0.15) is 5.69 Å². The number of aromatic amines is 1. The average molecular weight is 349 g/mol. The fourth-order valence-corrected chi connectivity index (χ4v) is 3.58. The Labute approximate surface area is 152 Å². The summed E-state index contributed by atoms with van der Waals surface area (Å²) in [6.07, 6.45) is 4.17. The summed E-state index contributed by atoms with van der Waals surface area (Å²) >= 11 is 0. The molecule has 0 spiro atoms. The molecular weight excluding hydrogens is 326 g/mol. The lowest BCUT2D eigenvalue weighted by Gasteiger charge is -2.37. The van der Waals surface area contributed by atoms with Crippen molar-refractivity contribution in [3.8, 4) is 0 Å². The van der Waals surface area contributed by atoms with Crippen LogP contribution in [0.2, 0.25) is 0 Å². The number of nitrogens with zero attached hydrogens (tertiary/aromatic N) is 3. The molecule has 0 aliphatic carbocycles. The molecule has 3 N–H and O–H groups in total. The molecule has 1 aliphatic heterocycles. The van der Waals surface area contributed by atoms with Crippen molar-refractivity contribution in [2.24, 2.45) is 5.73 Å². The summed E-state index contributed by atoms with van der Waals surface area (Å²) in [4.78, 5) is 24.4. The highest BCUT2D eigenvalue weighted by Crippen LogP contribution is 2.27. The van der Waals surface area contributed by atoms with Crippen LogP contribution in [0.5, 0.6) is 0 Å². The van der Waals surface area contributed by atoms with Gasteiger partial charge >= 0.3 is 0 Å². The molecule has 1 amide bonds. The predicted molar refractivity (Wildman–Crippen MR) is 103 cm³/mol. The molecule has 0 bridgehead atoms. The number of carbonyl (C=O) groups excluding carboxylic acids is 1. The SMILES string of the molecule is N[C@H](Cc1ccccn1)C(=O)N1CCN(c2cccc3[nH]ccc23)CC1. The number of hydrogen-bond donors (Lipinski definition) is 2. The van der Waals surface area contributed by atoms with Crippen LogP contribution >= 0.6 is 0 Å². The van der Waals surface area contributed by atoms with Gasteiger partial charge in [-0.1, -0.05) is 12.1 Å². The number of H-pyrrole nitrogens is 1. The maximum absolute atomic E-state index is 12.7. The van der Waals surface area contributed by atoms with Crippen LogP contribution in [0.15, 0.2) is 54.9 Å². The Morgan fingerprint density at radius 2 is 1.96 bits per heavy atom. The molecule has 1 fully saturated rings. The Kier molecular flexibility index (Phi) is 4.58. The van der Waals surface area contributed by atoms with Gasteiger partial charge in [0.2, 0.25) is 5.91 Å². The first-order valence-electron chi connectivity index (χ1n) is 8.98. The molecule has 1 saturated heterocycles. The highest BCUT2D eigenvalue weighted by molar-refractivity contribution is 5.92. The third-order valence-corrected chi connectivity index (χ3v) is 4.98. The molecule has 6 heteroatoms. The lowest BCUT2D eigenvalue weighted by Crippen LogP contribution is -2.53. The zero-order valence-electron chi connectivity index (χ0n) is 14.6. The summed E-state index contributed by atoms with van der Waals surface area (Å²) in [6, 6.07) is 13.5. The summed E-state index contributed by atoms with van der Waals surface area (Å²) in [5.41, 5.74) is 9.34. The van der Waals surface area contributed by atoms with Gasteiger partial charge in [-0.2, -0.15) is 0 Å². The molecule has 26 heavy (non-hydrogen) atoms. The second-order valence-corrected chi connectivity index (χ2v) is 6.66. The maximum atomic E-state index is 12.7. The van der Waals surface area contributed by atoms with E-state index in [-0.39, 0.29) is 5.91 Å². The number of aromatic nitrogens is 2. The molecule has 1 aliphatic rings. The lowest BCUT2D eigenvalue weighted by molar-refractivity contribution is -0.132. The second-order valence-electron chi connectivity index (χ2n) is 6.66. The molecular formula is C20H23N5O. The highest BCUT2D eigenvalue weighted by Gasteiger charge is 2.26. The monoisotopic (exact) mass is 349 g/mol. The number of benzene rings is 1. The highest BCUT2D eigenvalue weighted by atomic mass is 16.2. The first-order chi connectivity index (χ1) is 12.7. The summed E-state index contributed by atoms with van der Waals surface area (Å²) in [7, 11) is 0. The van der Waals surface area contributed by atoms with Crippen molar-refractivity contribution in [3.63, 3.8) is 0 Å². The van der Waals surface area contributed by atoms with Crippen molar-refractivity contribution in [2.75, 3.05) is 31.1 Å². The van der Waals surface area contributed by atoms with Crippen LogP contribution in [-0.2, 0) is 11.2 Å². The smallest absolute Gasteiger partial charge is 0.240 e. The lowest BCUT2D eigenvalue weighted by atomic mass is 10.1. The fourth-order valence-electron chi connectivity index (χ4n) is 3.58. The molecule has 0 unspecified atom stereocenters. The van der Waals surface area contributed by atoms with E-state index in [9.17, 15) is 4.79 Å². The number of pyridine rings is 1. The second kappa shape index (κ2) is 7.17. The summed E-state index contributed by atoms with van der Waals surface area (Å²) in [5, 5.41) is 1.22. The Morgan fingerprint density at radius 1 is 1.12 bits per heavy atom. The van der Waals surface area contributed by atoms with E-state index in [0.29, 0.717) is 19.5 Å². The van der Waals surface area contributed by atoms with E-state index < -0.39 is 6.04 Å². The van der Waals surface area contributed by atoms with Crippen molar-refractivity contribution in [3.05, 3.63) is 60.6 Å². The quantitative estimate of drug-likeness (QED) is 0.753. The average Bonchev–Trinajstić information content (AvgIpc) is 3.17. The number of nitrogens with one attached hydrogen (secondary N) is 1. The van der Waals surface area contributed by atoms with Gasteiger partial charge in [0.15, 0.2) is 0 Å².